The van der Waals surface area contributed by atoms with Crippen LogP contribution in [0.15, 0.2) is 11.4 Å². The summed E-state index contributed by atoms with van der Waals surface area (Å²) < 4.78 is 28.8. The fourth-order valence-electron chi connectivity index (χ4n) is 2.51. The summed E-state index contributed by atoms with van der Waals surface area (Å²) in [6.07, 6.45) is 4.37. The van der Waals surface area contributed by atoms with Gasteiger partial charge >= 0.3 is 0 Å². The van der Waals surface area contributed by atoms with E-state index in [4.69, 9.17) is 11.6 Å². The lowest BCUT2D eigenvalue weighted by Gasteiger charge is -2.38. The van der Waals surface area contributed by atoms with Gasteiger partial charge in [0.2, 0.25) is 5.03 Å². The molecule has 1 aliphatic carbocycles. The van der Waals surface area contributed by atoms with Gasteiger partial charge in [-0.05, 0) is 31.6 Å². The molecule has 1 aromatic heterocycles. The number of halogens is 1. The molecule has 114 valence electrons. The molecule has 20 heavy (non-hydrogen) atoms. The molecule has 1 fully saturated rings. The minimum Gasteiger partial charge on any atom is -0.394 e. The molecule has 0 atom stereocenters. The number of rotatable bonds is 4. The van der Waals surface area contributed by atoms with E-state index in [1.165, 1.54) is 10.9 Å². The van der Waals surface area contributed by atoms with Crippen molar-refractivity contribution in [1.82, 2.24) is 14.3 Å². The fraction of sp³-hybridized carbons (Fsp3) is 0.750. The van der Waals surface area contributed by atoms with Crippen LogP contribution < -0.4 is 4.72 Å². The number of aromatic nitrogens is 2. The van der Waals surface area contributed by atoms with Crippen molar-refractivity contribution >= 4 is 21.6 Å². The second-order valence-corrected chi connectivity index (χ2v) is 7.63. The van der Waals surface area contributed by atoms with Crippen molar-refractivity contribution < 1.29 is 13.5 Å². The maximum atomic E-state index is 12.4. The summed E-state index contributed by atoms with van der Waals surface area (Å²) in [4.78, 5) is 3.83. The van der Waals surface area contributed by atoms with E-state index in [1.54, 1.807) is 7.05 Å². The zero-order valence-corrected chi connectivity index (χ0v) is 13.2. The zero-order valence-electron chi connectivity index (χ0n) is 11.6. The third kappa shape index (κ3) is 3.00. The summed E-state index contributed by atoms with van der Waals surface area (Å²) in [6.45, 7) is 1.91. The molecule has 1 saturated carbocycles. The average molecular weight is 322 g/mol. The highest BCUT2D eigenvalue weighted by Gasteiger charge is 2.39. The van der Waals surface area contributed by atoms with E-state index in [-0.39, 0.29) is 16.8 Å². The first kappa shape index (κ1) is 15.8. The number of aliphatic hydroxyl groups is 1. The summed E-state index contributed by atoms with van der Waals surface area (Å²) in [6, 6.07) is 0. The molecule has 2 N–H and O–H groups in total. The van der Waals surface area contributed by atoms with Crippen LogP contribution in [0.5, 0.6) is 0 Å². The smallest absolute Gasteiger partial charge is 0.261 e. The topological polar surface area (TPSA) is 84.2 Å². The molecule has 1 heterocycles. The number of sulfonamides is 1. The molecule has 8 heteroatoms. The zero-order chi connectivity index (χ0) is 15.0. The molecule has 0 unspecified atom stereocenters. The Morgan fingerprint density at radius 3 is 2.60 bits per heavy atom. The Kier molecular flexibility index (Phi) is 4.44. The maximum Gasteiger partial charge on any atom is 0.261 e. The Bertz CT molecular complexity index is 577. The Labute approximate surface area is 124 Å². The second-order valence-electron chi connectivity index (χ2n) is 5.68. The summed E-state index contributed by atoms with van der Waals surface area (Å²) >= 11 is 5.94. The van der Waals surface area contributed by atoms with Gasteiger partial charge in [0.25, 0.3) is 10.0 Å². The predicted octanol–water partition coefficient (Wildman–Crippen LogP) is 1.29. The predicted molar refractivity (Wildman–Crippen MR) is 76.0 cm³/mol. The summed E-state index contributed by atoms with van der Waals surface area (Å²) in [5, 5.41) is 9.50. The first-order chi connectivity index (χ1) is 9.30. The molecule has 0 aromatic carbocycles. The van der Waals surface area contributed by atoms with E-state index in [9.17, 15) is 13.5 Å². The highest BCUT2D eigenvalue weighted by atomic mass is 35.5. The van der Waals surface area contributed by atoms with Crippen LogP contribution in [0.3, 0.4) is 0 Å². The summed E-state index contributed by atoms with van der Waals surface area (Å²) in [5.41, 5.74) is -0.799. The van der Waals surface area contributed by atoms with Crippen molar-refractivity contribution in [2.75, 3.05) is 6.61 Å². The van der Waals surface area contributed by atoms with E-state index in [2.05, 4.69) is 16.6 Å². The third-order valence-corrected chi connectivity index (χ3v) is 6.04. The van der Waals surface area contributed by atoms with E-state index < -0.39 is 15.6 Å². The number of aryl methyl sites for hydroxylation is 1. The lowest BCUT2D eigenvalue weighted by atomic mass is 9.78. The summed E-state index contributed by atoms with van der Waals surface area (Å²) in [5.74, 6) is 0.553. The van der Waals surface area contributed by atoms with Crippen molar-refractivity contribution in [1.29, 1.82) is 0 Å². The van der Waals surface area contributed by atoms with Gasteiger partial charge in [0.15, 0.2) is 0 Å². The van der Waals surface area contributed by atoms with Crippen LogP contribution in [-0.4, -0.2) is 35.2 Å². The number of imidazole rings is 1. The maximum absolute atomic E-state index is 12.4. The molecule has 6 nitrogen and oxygen atoms in total. The molecular formula is C12H20ClN3O3S. The SMILES string of the molecule is CC1CCC(CO)(NS(=O)(=O)c2ncn(C)c2Cl)CC1. The third-order valence-electron chi connectivity index (χ3n) is 3.97. The molecule has 0 saturated heterocycles. The van der Waals surface area contributed by atoms with Gasteiger partial charge in [-0.1, -0.05) is 18.5 Å². The van der Waals surface area contributed by atoms with Gasteiger partial charge < -0.3 is 9.67 Å². The minimum atomic E-state index is -3.83. The van der Waals surface area contributed by atoms with Crippen LogP contribution in [0.2, 0.25) is 5.15 Å². The van der Waals surface area contributed by atoms with Gasteiger partial charge in [0, 0.05) is 7.05 Å². The largest absolute Gasteiger partial charge is 0.394 e. The molecule has 1 aromatic rings. The van der Waals surface area contributed by atoms with E-state index >= 15 is 0 Å². The molecule has 0 bridgehead atoms. The summed E-state index contributed by atoms with van der Waals surface area (Å²) in [7, 11) is -2.21. The number of nitrogens with one attached hydrogen (secondary N) is 1. The van der Waals surface area contributed by atoms with E-state index in [0.717, 1.165) is 12.8 Å². The van der Waals surface area contributed by atoms with Crippen molar-refractivity contribution in [2.45, 2.75) is 43.2 Å². The van der Waals surface area contributed by atoms with Gasteiger partial charge in [-0.3, -0.25) is 0 Å². The number of aliphatic hydroxyl groups excluding tert-OH is 1. The van der Waals surface area contributed by atoms with Gasteiger partial charge in [-0.25, -0.2) is 18.1 Å². The van der Waals surface area contributed by atoms with Crippen molar-refractivity contribution in [2.24, 2.45) is 13.0 Å². The molecule has 1 aliphatic rings. The van der Waals surface area contributed by atoms with Crippen molar-refractivity contribution in [3.63, 3.8) is 0 Å². The lowest BCUT2D eigenvalue weighted by Crippen LogP contribution is -2.53. The van der Waals surface area contributed by atoms with E-state index in [0.29, 0.717) is 18.8 Å². The van der Waals surface area contributed by atoms with Gasteiger partial charge in [0.1, 0.15) is 5.15 Å². The van der Waals surface area contributed by atoms with E-state index in [1.807, 2.05) is 0 Å². The fourth-order valence-corrected chi connectivity index (χ4v) is 4.40. The van der Waals surface area contributed by atoms with Gasteiger partial charge in [-0.15, -0.1) is 0 Å². The highest BCUT2D eigenvalue weighted by molar-refractivity contribution is 7.89. The second kappa shape index (κ2) is 5.63. The number of nitrogens with zero attached hydrogens (tertiary/aromatic N) is 2. The standard InChI is InChI=1S/C12H20ClN3O3S/c1-9-3-5-12(7-17,6-4-9)15-20(18,19)11-10(13)16(2)8-14-11/h8-9,15,17H,3-7H2,1-2H3. The molecule has 0 spiro atoms. The Morgan fingerprint density at radius 2 is 2.15 bits per heavy atom. The van der Waals surface area contributed by atoms with Crippen LogP contribution in [0, 0.1) is 5.92 Å². The van der Waals surface area contributed by atoms with Crippen molar-refractivity contribution in [3.05, 3.63) is 11.5 Å². The Morgan fingerprint density at radius 1 is 1.55 bits per heavy atom. The number of hydrogen-bond acceptors (Lipinski definition) is 4. The lowest BCUT2D eigenvalue weighted by molar-refractivity contribution is 0.125. The quantitative estimate of drug-likeness (QED) is 0.875. The first-order valence-corrected chi connectivity index (χ1v) is 8.47. The van der Waals surface area contributed by atoms with Crippen LogP contribution in [0.25, 0.3) is 0 Å². The normalized spacial score (nSPS) is 27.7. The number of hydrogen-bond donors (Lipinski definition) is 2. The van der Waals surface area contributed by atoms with Crippen molar-refractivity contribution in [3.8, 4) is 0 Å². The van der Waals surface area contributed by atoms with Gasteiger partial charge in [0.05, 0.1) is 18.5 Å². The van der Waals surface area contributed by atoms with Crippen LogP contribution in [0.1, 0.15) is 32.6 Å². The van der Waals surface area contributed by atoms with Crippen LogP contribution >= 0.6 is 11.6 Å². The monoisotopic (exact) mass is 321 g/mol. The molecular weight excluding hydrogens is 302 g/mol. The molecule has 0 radical (unpaired) electrons. The van der Waals surface area contributed by atoms with Gasteiger partial charge in [-0.2, -0.15) is 0 Å². The molecule has 0 amide bonds. The minimum absolute atomic E-state index is 0.0646. The Hall–Kier alpha value is -0.630. The van der Waals surface area contributed by atoms with Crippen LogP contribution in [-0.2, 0) is 17.1 Å². The Balaban J connectivity index is 2.25. The first-order valence-electron chi connectivity index (χ1n) is 6.61. The van der Waals surface area contributed by atoms with Crippen LogP contribution in [0.4, 0.5) is 0 Å². The molecule has 0 aliphatic heterocycles. The molecule has 2 rings (SSSR count). The highest BCUT2D eigenvalue weighted by Crippen LogP contribution is 2.33. The average Bonchev–Trinajstić information content (AvgIpc) is 2.74.